The summed E-state index contributed by atoms with van der Waals surface area (Å²) in [6, 6.07) is -0.0534. The van der Waals surface area contributed by atoms with Gasteiger partial charge in [-0.15, -0.1) is 0 Å². The smallest absolute Gasteiger partial charge is 0.245 e. The number of aliphatic hydroxyl groups is 1. The van der Waals surface area contributed by atoms with Crippen LogP contribution in [0.15, 0.2) is 0 Å². The highest BCUT2D eigenvalue weighted by atomic mass is 16.5. The molecule has 2 heterocycles. The number of aliphatic hydroxyl groups excluding tert-OH is 1. The molecule has 0 aliphatic carbocycles. The van der Waals surface area contributed by atoms with Gasteiger partial charge in [0.05, 0.1) is 19.3 Å². The number of nitrogens with two attached hydrogens (primary N) is 1. The molecule has 3 N–H and O–H groups in total. The second-order valence-corrected chi connectivity index (χ2v) is 4.79. The molecule has 16 heavy (non-hydrogen) atoms. The van der Waals surface area contributed by atoms with Crippen molar-refractivity contribution in [3.63, 3.8) is 0 Å². The van der Waals surface area contributed by atoms with Crippen LogP contribution in [-0.2, 0) is 9.53 Å². The van der Waals surface area contributed by atoms with Crippen LogP contribution in [0.3, 0.4) is 0 Å². The SMILES string of the molecule is NC1(C(=O)N2CCCCC2CO)CCOC1. The molecular weight excluding hydrogens is 208 g/mol. The molecule has 2 saturated heterocycles. The number of hydrogen-bond acceptors (Lipinski definition) is 4. The first-order valence-corrected chi connectivity index (χ1v) is 5.96. The Morgan fingerprint density at radius 2 is 2.38 bits per heavy atom. The Labute approximate surface area is 95.5 Å². The summed E-state index contributed by atoms with van der Waals surface area (Å²) in [6.45, 7) is 1.60. The van der Waals surface area contributed by atoms with Crippen molar-refractivity contribution in [2.75, 3.05) is 26.4 Å². The number of carbonyl (C=O) groups excluding carboxylic acids is 1. The maximum Gasteiger partial charge on any atom is 0.245 e. The number of hydrogen-bond donors (Lipinski definition) is 2. The van der Waals surface area contributed by atoms with Crippen molar-refractivity contribution in [1.29, 1.82) is 0 Å². The van der Waals surface area contributed by atoms with Gasteiger partial charge >= 0.3 is 0 Å². The molecule has 0 aromatic rings. The van der Waals surface area contributed by atoms with Crippen molar-refractivity contribution in [1.82, 2.24) is 4.90 Å². The molecule has 92 valence electrons. The average Bonchev–Trinajstić information content (AvgIpc) is 2.76. The van der Waals surface area contributed by atoms with Gasteiger partial charge in [-0.25, -0.2) is 0 Å². The normalized spacial score (nSPS) is 35.4. The van der Waals surface area contributed by atoms with Crippen molar-refractivity contribution in [3.05, 3.63) is 0 Å². The Bertz CT molecular complexity index is 264. The fourth-order valence-electron chi connectivity index (χ4n) is 2.49. The summed E-state index contributed by atoms with van der Waals surface area (Å²) in [4.78, 5) is 14.0. The molecule has 2 aliphatic rings. The van der Waals surface area contributed by atoms with Crippen LogP contribution in [0.25, 0.3) is 0 Å². The fraction of sp³-hybridized carbons (Fsp3) is 0.909. The van der Waals surface area contributed by atoms with E-state index in [1.165, 1.54) is 0 Å². The average molecular weight is 228 g/mol. The largest absolute Gasteiger partial charge is 0.394 e. The monoisotopic (exact) mass is 228 g/mol. The second-order valence-electron chi connectivity index (χ2n) is 4.79. The number of nitrogens with zero attached hydrogens (tertiary/aromatic N) is 1. The Morgan fingerprint density at radius 1 is 1.56 bits per heavy atom. The minimum atomic E-state index is -0.856. The third-order valence-electron chi connectivity index (χ3n) is 3.58. The zero-order chi connectivity index (χ0) is 11.6. The second kappa shape index (κ2) is 4.69. The summed E-state index contributed by atoms with van der Waals surface area (Å²) in [5.74, 6) is -0.0521. The minimum absolute atomic E-state index is 0.0304. The zero-order valence-corrected chi connectivity index (χ0v) is 9.52. The number of amides is 1. The standard InChI is InChI=1S/C11H20N2O3/c12-11(4-6-16-8-11)10(15)13-5-2-1-3-9(13)7-14/h9,14H,1-8,12H2. The molecule has 0 aromatic heterocycles. The maximum absolute atomic E-state index is 12.3. The zero-order valence-electron chi connectivity index (χ0n) is 9.52. The van der Waals surface area contributed by atoms with Crippen molar-refractivity contribution in [2.24, 2.45) is 5.73 Å². The van der Waals surface area contributed by atoms with E-state index in [1.807, 2.05) is 0 Å². The molecule has 0 saturated carbocycles. The van der Waals surface area contributed by atoms with E-state index in [2.05, 4.69) is 0 Å². The van der Waals surface area contributed by atoms with E-state index < -0.39 is 5.54 Å². The van der Waals surface area contributed by atoms with Crippen LogP contribution in [0, 0.1) is 0 Å². The molecule has 0 aromatic carbocycles. The van der Waals surface area contributed by atoms with Gasteiger partial charge in [-0.1, -0.05) is 0 Å². The molecule has 2 aliphatic heterocycles. The van der Waals surface area contributed by atoms with Crippen molar-refractivity contribution < 1.29 is 14.6 Å². The highest BCUT2D eigenvalue weighted by Crippen LogP contribution is 2.24. The van der Waals surface area contributed by atoms with Gasteiger partial charge in [0.15, 0.2) is 0 Å². The van der Waals surface area contributed by atoms with Gasteiger partial charge in [0.1, 0.15) is 5.54 Å². The van der Waals surface area contributed by atoms with E-state index in [-0.39, 0.29) is 18.6 Å². The topological polar surface area (TPSA) is 75.8 Å². The first kappa shape index (κ1) is 11.8. The van der Waals surface area contributed by atoms with E-state index in [0.29, 0.717) is 26.2 Å². The Balaban J connectivity index is 2.07. The maximum atomic E-state index is 12.3. The van der Waals surface area contributed by atoms with Crippen molar-refractivity contribution in [3.8, 4) is 0 Å². The Kier molecular flexibility index (Phi) is 3.47. The molecule has 2 fully saturated rings. The van der Waals surface area contributed by atoms with E-state index in [0.717, 1.165) is 19.3 Å². The van der Waals surface area contributed by atoms with Crippen LogP contribution in [0.4, 0.5) is 0 Å². The molecule has 0 spiro atoms. The lowest BCUT2D eigenvalue weighted by Crippen LogP contribution is -2.60. The van der Waals surface area contributed by atoms with E-state index in [1.54, 1.807) is 4.90 Å². The van der Waals surface area contributed by atoms with Crippen LogP contribution < -0.4 is 5.73 Å². The third-order valence-corrected chi connectivity index (χ3v) is 3.58. The lowest BCUT2D eigenvalue weighted by molar-refractivity contribution is -0.141. The molecule has 2 rings (SSSR count). The number of rotatable bonds is 2. The van der Waals surface area contributed by atoms with E-state index in [4.69, 9.17) is 10.5 Å². The summed E-state index contributed by atoms with van der Waals surface area (Å²) in [5.41, 5.74) is 5.20. The summed E-state index contributed by atoms with van der Waals surface area (Å²) in [5, 5.41) is 9.27. The van der Waals surface area contributed by atoms with Gasteiger partial charge in [-0.3, -0.25) is 4.79 Å². The number of likely N-dealkylation sites (tertiary alicyclic amines) is 1. The molecule has 0 bridgehead atoms. The molecule has 1 amide bonds. The molecule has 5 heteroatoms. The lowest BCUT2D eigenvalue weighted by atomic mass is 9.94. The van der Waals surface area contributed by atoms with Crippen LogP contribution in [0.2, 0.25) is 0 Å². The number of piperidine rings is 1. The summed E-state index contributed by atoms with van der Waals surface area (Å²) < 4.78 is 5.21. The Hall–Kier alpha value is -0.650. The van der Waals surface area contributed by atoms with Gasteiger partial charge in [0.25, 0.3) is 0 Å². The highest BCUT2D eigenvalue weighted by molar-refractivity contribution is 5.87. The lowest BCUT2D eigenvalue weighted by Gasteiger charge is -2.38. The first-order valence-electron chi connectivity index (χ1n) is 5.96. The molecule has 2 atom stereocenters. The molecule has 0 radical (unpaired) electrons. The van der Waals surface area contributed by atoms with Gasteiger partial charge < -0.3 is 20.5 Å². The number of ether oxygens (including phenoxy) is 1. The minimum Gasteiger partial charge on any atom is -0.394 e. The Morgan fingerprint density at radius 3 is 3.00 bits per heavy atom. The van der Waals surface area contributed by atoms with Crippen LogP contribution in [0.5, 0.6) is 0 Å². The van der Waals surface area contributed by atoms with Gasteiger partial charge in [0.2, 0.25) is 5.91 Å². The van der Waals surface area contributed by atoms with Gasteiger partial charge in [0, 0.05) is 13.2 Å². The van der Waals surface area contributed by atoms with Crippen molar-refractivity contribution >= 4 is 5.91 Å². The molecule has 2 unspecified atom stereocenters. The van der Waals surface area contributed by atoms with Crippen LogP contribution in [0.1, 0.15) is 25.7 Å². The van der Waals surface area contributed by atoms with Gasteiger partial charge in [-0.05, 0) is 25.7 Å². The number of carbonyl (C=O) groups is 1. The first-order chi connectivity index (χ1) is 7.67. The van der Waals surface area contributed by atoms with Gasteiger partial charge in [-0.2, -0.15) is 0 Å². The molecular formula is C11H20N2O3. The predicted octanol–water partition coefficient (Wildman–Crippen LogP) is -0.522. The summed E-state index contributed by atoms with van der Waals surface area (Å²) >= 11 is 0. The molecule has 5 nitrogen and oxygen atoms in total. The van der Waals surface area contributed by atoms with E-state index in [9.17, 15) is 9.90 Å². The third kappa shape index (κ3) is 2.07. The predicted molar refractivity (Wildman–Crippen MR) is 58.8 cm³/mol. The van der Waals surface area contributed by atoms with Crippen molar-refractivity contribution in [2.45, 2.75) is 37.3 Å². The van der Waals surface area contributed by atoms with E-state index >= 15 is 0 Å². The highest BCUT2D eigenvalue weighted by Gasteiger charge is 2.43. The quantitative estimate of drug-likeness (QED) is 0.666. The van der Waals surface area contributed by atoms with Crippen LogP contribution >= 0.6 is 0 Å². The van der Waals surface area contributed by atoms with Crippen LogP contribution in [-0.4, -0.2) is 53.9 Å². The summed E-state index contributed by atoms with van der Waals surface area (Å²) in [7, 11) is 0. The fourth-order valence-corrected chi connectivity index (χ4v) is 2.49. The summed E-state index contributed by atoms with van der Waals surface area (Å²) in [6.07, 6.45) is 3.53.